The third kappa shape index (κ3) is 6.84. The fourth-order valence-electron chi connectivity index (χ4n) is 5.18. The van der Waals surface area contributed by atoms with Crippen LogP contribution in [0.4, 0.5) is 22.0 Å². The second kappa shape index (κ2) is 11.1. The number of nitrogens with zero attached hydrogens (tertiary/aromatic N) is 2. The van der Waals surface area contributed by atoms with Gasteiger partial charge >= 0.3 is 6.18 Å². The van der Waals surface area contributed by atoms with E-state index in [1.165, 1.54) is 11.9 Å². The lowest BCUT2D eigenvalue weighted by Gasteiger charge is -2.35. The maximum absolute atomic E-state index is 15.2. The van der Waals surface area contributed by atoms with Gasteiger partial charge in [0.1, 0.15) is 38.1 Å². The van der Waals surface area contributed by atoms with Crippen LogP contribution < -0.4 is 5.32 Å². The van der Waals surface area contributed by atoms with E-state index in [1.807, 2.05) is 0 Å². The second-order valence-electron chi connectivity index (χ2n) is 10.7. The molecule has 1 aliphatic heterocycles. The van der Waals surface area contributed by atoms with E-state index in [9.17, 15) is 31.5 Å². The molecule has 3 rings (SSSR count). The van der Waals surface area contributed by atoms with Crippen LogP contribution in [0.5, 0.6) is 0 Å². The fraction of sp³-hybridized carbons (Fsp3) is 0.680. The molecule has 7 nitrogen and oxygen atoms in total. The van der Waals surface area contributed by atoms with E-state index >= 15 is 8.78 Å². The number of sulfone groups is 1. The van der Waals surface area contributed by atoms with Crippen LogP contribution in [-0.2, 0) is 21.1 Å². The number of carbonyl (C=O) groups excluding carboxylic acids is 1. The third-order valence-electron chi connectivity index (χ3n) is 7.60. The number of benzene rings is 1. The van der Waals surface area contributed by atoms with Gasteiger partial charge in [0.25, 0.3) is 5.91 Å². The molecule has 1 saturated carbocycles. The number of amides is 1. The van der Waals surface area contributed by atoms with Crippen molar-refractivity contribution >= 4 is 33.1 Å². The van der Waals surface area contributed by atoms with E-state index in [0.29, 0.717) is 0 Å². The highest BCUT2D eigenvalue weighted by molar-refractivity contribution is 7.91. The van der Waals surface area contributed by atoms with Crippen molar-refractivity contribution < 1.29 is 40.3 Å². The van der Waals surface area contributed by atoms with E-state index in [4.69, 9.17) is 11.6 Å². The number of hydrazone groups is 1. The molecule has 1 aliphatic carbocycles. The summed E-state index contributed by atoms with van der Waals surface area (Å²) >= 11 is 6.71. The Kier molecular flexibility index (Phi) is 8.99. The normalized spacial score (nSPS) is 28.8. The van der Waals surface area contributed by atoms with Gasteiger partial charge in [0, 0.05) is 24.9 Å². The maximum Gasteiger partial charge on any atom is 0.391 e. The molecule has 2 N–H and O–H groups in total. The molecule has 220 valence electrons. The van der Waals surface area contributed by atoms with Gasteiger partial charge < -0.3 is 10.4 Å². The van der Waals surface area contributed by atoms with E-state index in [1.54, 1.807) is 6.92 Å². The van der Waals surface area contributed by atoms with E-state index < -0.39 is 73.2 Å². The number of rotatable bonds is 8. The first-order chi connectivity index (χ1) is 17.8. The maximum atomic E-state index is 15.2. The van der Waals surface area contributed by atoms with Gasteiger partial charge in [-0.1, -0.05) is 6.92 Å². The molecule has 2 unspecified atom stereocenters. The number of carbonyl (C=O) groups is 1. The molecule has 0 aromatic heterocycles. The first-order valence-corrected chi connectivity index (χ1v) is 14.9. The molecule has 2 aliphatic rings. The largest absolute Gasteiger partial charge is 0.391 e. The summed E-state index contributed by atoms with van der Waals surface area (Å²) in [6, 6.07) is 0.385. The number of hydrogen-bond donors (Lipinski definition) is 2. The van der Waals surface area contributed by atoms with E-state index in [0.717, 1.165) is 25.3 Å². The number of nitrogens with one attached hydrogen (secondary N) is 1. The Bertz CT molecular complexity index is 1210. The summed E-state index contributed by atoms with van der Waals surface area (Å²) in [5.41, 5.74) is -2.29. The van der Waals surface area contributed by atoms with Gasteiger partial charge in [0.05, 0.1) is 16.8 Å². The minimum atomic E-state index is -4.53. The summed E-state index contributed by atoms with van der Waals surface area (Å²) in [6.07, 6.45) is -3.23. The summed E-state index contributed by atoms with van der Waals surface area (Å²) in [5.74, 6) is -4.80. The molecular weight excluding hydrogens is 569 g/mol. The molecule has 0 saturated heterocycles. The highest BCUT2D eigenvalue weighted by Crippen LogP contribution is 2.45. The predicted molar refractivity (Wildman–Crippen MR) is 137 cm³/mol. The van der Waals surface area contributed by atoms with Crippen LogP contribution in [-0.4, -0.2) is 71.4 Å². The van der Waals surface area contributed by atoms with Crippen LogP contribution in [0.3, 0.4) is 0 Å². The standard InChI is InChI=1S/C25H33ClF5N3O4S/c1-5-34-21(19-17(27)11-15(12-18(19)28)10-14(2)25(29,30)31)23(3,26)20(33-34)22(35)32-13-24(36)8-6-16(7-9-24)39(4,37)38/h11-12,14,16,21,36H,5-10,13H2,1-4H3,(H,32,35)/t14-,16?,21?,23?,24?/m0/s1. The summed E-state index contributed by atoms with van der Waals surface area (Å²) in [5, 5.41) is 18.3. The Labute approximate surface area is 229 Å². The fourth-order valence-corrected chi connectivity index (χ4v) is 6.62. The van der Waals surface area contributed by atoms with Crippen molar-refractivity contribution in [1.82, 2.24) is 10.3 Å². The summed E-state index contributed by atoms with van der Waals surface area (Å²) in [4.78, 5) is 11.4. The Hall–Kier alpha value is -1.99. The first kappa shape index (κ1) is 31.5. The lowest BCUT2D eigenvalue weighted by Crippen LogP contribution is -2.50. The average Bonchev–Trinajstić information content (AvgIpc) is 3.06. The van der Waals surface area contributed by atoms with Crippen molar-refractivity contribution in [2.45, 2.75) is 80.8 Å². The quantitative estimate of drug-likeness (QED) is 0.343. The van der Waals surface area contributed by atoms with Crippen LogP contribution in [0.15, 0.2) is 17.2 Å². The monoisotopic (exact) mass is 601 g/mol. The SMILES string of the molecule is CCN1N=C(C(=O)NCC2(O)CCC(S(C)(=O)=O)CC2)C(C)(Cl)C1c1c(F)cc(C[C@H](C)C(F)(F)F)cc1F. The Morgan fingerprint density at radius 2 is 1.79 bits per heavy atom. The van der Waals surface area contributed by atoms with Gasteiger partial charge in [0.2, 0.25) is 0 Å². The highest BCUT2D eigenvalue weighted by atomic mass is 35.5. The molecular formula is C25H33ClF5N3O4S. The van der Waals surface area contributed by atoms with Gasteiger partial charge in [-0.2, -0.15) is 18.3 Å². The zero-order valence-corrected chi connectivity index (χ0v) is 23.7. The van der Waals surface area contributed by atoms with Gasteiger partial charge in [-0.25, -0.2) is 17.2 Å². The molecule has 1 aromatic rings. The second-order valence-corrected chi connectivity index (χ2v) is 13.8. The average molecular weight is 602 g/mol. The van der Waals surface area contributed by atoms with E-state index in [2.05, 4.69) is 10.4 Å². The van der Waals surface area contributed by atoms with Crippen molar-refractivity contribution in [1.29, 1.82) is 0 Å². The summed E-state index contributed by atoms with van der Waals surface area (Å²) in [7, 11) is -3.25. The van der Waals surface area contributed by atoms with Crippen molar-refractivity contribution in [3.63, 3.8) is 0 Å². The molecule has 1 heterocycles. The molecule has 14 heteroatoms. The number of halogens is 6. The van der Waals surface area contributed by atoms with Crippen LogP contribution in [0.25, 0.3) is 0 Å². The third-order valence-corrected chi connectivity index (χ3v) is 9.67. The topological polar surface area (TPSA) is 99.1 Å². The van der Waals surface area contributed by atoms with E-state index in [-0.39, 0.29) is 50.0 Å². The Morgan fingerprint density at radius 1 is 1.26 bits per heavy atom. The van der Waals surface area contributed by atoms with Crippen molar-refractivity contribution in [2.75, 3.05) is 19.3 Å². The molecule has 0 spiro atoms. The Morgan fingerprint density at radius 3 is 2.26 bits per heavy atom. The first-order valence-electron chi connectivity index (χ1n) is 12.6. The molecule has 1 fully saturated rings. The molecule has 1 aromatic carbocycles. The van der Waals surface area contributed by atoms with Gasteiger partial charge in [-0.15, -0.1) is 11.6 Å². The molecule has 0 radical (unpaired) electrons. The van der Waals surface area contributed by atoms with Crippen LogP contribution in [0.2, 0.25) is 0 Å². The number of alkyl halides is 4. The smallest absolute Gasteiger partial charge is 0.388 e. The van der Waals surface area contributed by atoms with Gasteiger partial charge in [-0.3, -0.25) is 9.80 Å². The van der Waals surface area contributed by atoms with Crippen molar-refractivity contribution in [2.24, 2.45) is 11.0 Å². The van der Waals surface area contributed by atoms with Gasteiger partial charge in [-0.05, 0) is 63.6 Å². The highest BCUT2D eigenvalue weighted by Gasteiger charge is 2.52. The lowest BCUT2D eigenvalue weighted by atomic mass is 9.84. The molecule has 1 amide bonds. The number of aliphatic hydroxyl groups is 1. The summed E-state index contributed by atoms with van der Waals surface area (Å²) in [6.45, 7) is 3.80. The lowest BCUT2D eigenvalue weighted by molar-refractivity contribution is -0.169. The van der Waals surface area contributed by atoms with Crippen molar-refractivity contribution in [3.05, 3.63) is 34.9 Å². The Balaban J connectivity index is 1.78. The zero-order valence-electron chi connectivity index (χ0n) is 22.1. The van der Waals surface area contributed by atoms with Crippen LogP contribution in [0, 0.1) is 17.6 Å². The minimum absolute atomic E-state index is 0.103. The predicted octanol–water partition coefficient (Wildman–Crippen LogP) is 4.27. The van der Waals surface area contributed by atoms with Gasteiger partial charge in [0.15, 0.2) is 0 Å². The molecule has 3 atom stereocenters. The molecule has 39 heavy (non-hydrogen) atoms. The zero-order chi connectivity index (χ0) is 29.6. The van der Waals surface area contributed by atoms with Crippen LogP contribution in [0.1, 0.15) is 63.6 Å². The summed E-state index contributed by atoms with van der Waals surface area (Å²) < 4.78 is 92.8. The van der Waals surface area contributed by atoms with Crippen LogP contribution >= 0.6 is 11.6 Å². The molecule has 0 bridgehead atoms. The number of hydrogen-bond acceptors (Lipinski definition) is 6. The minimum Gasteiger partial charge on any atom is -0.388 e. The van der Waals surface area contributed by atoms with Crippen molar-refractivity contribution in [3.8, 4) is 0 Å².